The van der Waals surface area contributed by atoms with E-state index >= 15 is 0 Å². The van der Waals surface area contributed by atoms with Gasteiger partial charge >= 0.3 is 5.97 Å². The van der Waals surface area contributed by atoms with Gasteiger partial charge in [-0.25, -0.2) is 0 Å². The first-order chi connectivity index (χ1) is 6.06. The van der Waals surface area contributed by atoms with Crippen molar-refractivity contribution in [2.24, 2.45) is 0 Å². The summed E-state index contributed by atoms with van der Waals surface area (Å²) in [6.45, 7) is 0.141. The van der Waals surface area contributed by atoms with Gasteiger partial charge in [0.15, 0.2) is 0 Å². The molecule has 0 radical (unpaired) electrons. The van der Waals surface area contributed by atoms with Gasteiger partial charge in [-0.1, -0.05) is 0 Å². The Labute approximate surface area is 75.0 Å². The summed E-state index contributed by atoms with van der Waals surface area (Å²) in [5.41, 5.74) is 0.0258. The third-order valence-corrected chi connectivity index (χ3v) is 2.15. The molecule has 1 saturated heterocycles. The molecule has 3 nitrogen and oxygen atoms in total. The minimum absolute atomic E-state index is 0.0258. The monoisotopic (exact) mass is 191 g/mol. The second-order valence-corrected chi connectivity index (χ2v) is 3.02. The lowest BCUT2D eigenvalue weighted by Crippen LogP contribution is -2.33. The summed E-state index contributed by atoms with van der Waals surface area (Å²) in [6, 6.07) is -0.554. The maximum Gasteiger partial charge on any atom is 0.323 e. The predicted molar refractivity (Wildman–Crippen MR) is 42.3 cm³/mol. The Kier molecular flexibility index (Phi) is 2.98. The van der Waals surface area contributed by atoms with Gasteiger partial charge in [-0.2, -0.15) is 8.78 Å². The number of hydrogen-bond donors (Lipinski definition) is 0. The number of carbonyl (C=O) groups excluding carboxylic acids is 1. The zero-order valence-corrected chi connectivity index (χ0v) is 7.51. The van der Waals surface area contributed by atoms with Crippen LogP contribution in [-0.4, -0.2) is 37.6 Å². The van der Waals surface area contributed by atoms with Crippen LogP contribution in [-0.2, 0) is 9.53 Å². The molecule has 0 aliphatic carbocycles. The predicted octanol–water partition coefficient (Wildman–Crippen LogP) is 1.01. The van der Waals surface area contributed by atoms with E-state index in [-0.39, 0.29) is 18.5 Å². The second-order valence-electron chi connectivity index (χ2n) is 3.02. The lowest BCUT2D eigenvalue weighted by atomic mass is 10.2. The number of methoxy groups -OCH3 is 1. The first kappa shape index (κ1) is 10.1. The van der Waals surface area contributed by atoms with E-state index in [9.17, 15) is 13.6 Å². The van der Waals surface area contributed by atoms with Crippen molar-refractivity contribution in [3.8, 4) is 0 Å². The molecule has 1 fully saturated rings. The molecule has 74 valence electrons. The number of likely N-dealkylation sites (N-methyl/N-ethyl adjacent to an activating group) is 1. The van der Waals surface area contributed by atoms with Crippen molar-refractivity contribution >= 4 is 5.97 Å². The molecule has 5 heteroatoms. The first-order valence-corrected chi connectivity index (χ1v) is 3.87. The van der Waals surface area contributed by atoms with Crippen LogP contribution in [0.2, 0.25) is 0 Å². The van der Waals surface area contributed by atoms with Gasteiger partial charge in [0.05, 0.1) is 7.11 Å². The summed E-state index contributed by atoms with van der Waals surface area (Å²) in [4.78, 5) is 12.6. The van der Waals surface area contributed by atoms with Gasteiger partial charge in [0.25, 0.3) is 6.08 Å². The second kappa shape index (κ2) is 3.83. The van der Waals surface area contributed by atoms with Crippen LogP contribution >= 0.6 is 0 Å². The van der Waals surface area contributed by atoms with Crippen LogP contribution in [0.4, 0.5) is 8.78 Å². The highest BCUT2D eigenvalue weighted by atomic mass is 19.3. The maximum atomic E-state index is 12.2. The first-order valence-electron chi connectivity index (χ1n) is 3.87. The molecule has 0 bridgehead atoms. The third kappa shape index (κ3) is 2.03. The Bertz CT molecular complexity index is 249. The molecule has 1 heterocycles. The summed E-state index contributed by atoms with van der Waals surface area (Å²) in [7, 11) is 2.88. The van der Waals surface area contributed by atoms with E-state index in [0.717, 1.165) is 0 Å². The highest BCUT2D eigenvalue weighted by Gasteiger charge is 2.33. The molecule has 0 saturated carbocycles. The van der Waals surface area contributed by atoms with Crippen LogP contribution in [0.1, 0.15) is 6.42 Å². The fourth-order valence-electron chi connectivity index (χ4n) is 1.40. The van der Waals surface area contributed by atoms with Crippen molar-refractivity contribution in [1.82, 2.24) is 4.90 Å². The normalized spacial score (nSPS) is 23.4. The number of ether oxygens (including phenoxy) is 1. The van der Waals surface area contributed by atoms with Crippen LogP contribution in [0.15, 0.2) is 11.7 Å². The highest BCUT2D eigenvalue weighted by molar-refractivity contribution is 5.76. The summed E-state index contributed by atoms with van der Waals surface area (Å²) >= 11 is 0. The van der Waals surface area contributed by atoms with Crippen molar-refractivity contribution in [3.05, 3.63) is 11.7 Å². The Morgan fingerprint density at radius 1 is 1.62 bits per heavy atom. The number of rotatable bonds is 1. The molecule has 0 aromatic heterocycles. The average Bonchev–Trinajstić information content (AvgIpc) is 2.46. The van der Waals surface area contributed by atoms with Crippen molar-refractivity contribution in [3.63, 3.8) is 0 Å². The highest BCUT2D eigenvalue weighted by Crippen LogP contribution is 2.25. The van der Waals surface area contributed by atoms with Gasteiger partial charge < -0.3 is 4.74 Å². The average molecular weight is 191 g/mol. The molecule has 0 N–H and O–H groups in total. The molecule has 1 atom stereocenters. The molecular weight excluding hydrogens is 180 g/mol. The number of halogens is 2. The van der Waals surface area contributed by atoms with Crippen LogP contribution in [0.5, 0.6) is 0 Å². The van der Waals surface area contributed by atoms with Crippen molar-refractivity contribution in [1.29, 1.82) is 0 Å². The summed E-state index contributed by atoms with van der Waals surface area (Å²) in [6.07, 6.45) is -1.61. The van der Waals surface area contributed by atoms with Gasteiger partial charge in [0.1, 0.15) is 6.04 Å². The van der Waals surface area contributed by atoms with Gasteiger partial charge in [-0.15, -0.1) is 0 Å². The largest absolute Gasteiger partial charge is 0.468 e. The van der Waals surface area contributed by atoms with Crippen molar-refractivity contribution in [2.75, 3.05) is 20.7 Å². The van der Waals surface area contributed by atoms with E-state index in [2.05, 4.69) is 4.74 Å². The molecule has 0 unspecified atom stereocenters. The van der Waals surface area contributed by atoms with Crippen LogP contribution in [0, 0.1) is 0 Å². The van der Waals surface area contributed by atoms with E-state index in [4.69, 9.17) is 0 Å². The molecule has 13 heavy (non-hydrogen) atoms. The molecule has 1 aliphatic heterocycles. The molecule has 1 aliphatic rings. The van der Waals surface area contributed by atoms with Crippen molar-refractivity contribution in [2.45, 2.75) is 12.5 Å². The zero-order valence-electron chi connectivity index (χ0n) is 7.51. The van der Waals surface area contributed by atoms with Crippen LogP contribution in [0.25, 0.3) is 0 Å². The molecule has 0 aromatic carbocycles. The molecule has 0 amide bonds. The summed E-state index contributed by atoms with van der Waals surface area (Å²) in [5.74, 6) is -0.459. The smallest absolute Gasteiger partial charge is 0.323 e. The molecular formula is C8H11F2NO2. The fourth-order valence-corrected chi connectivity index (χ4v) is 1.40. The van der Waals surface area contributed by atoms with Crippen LogP contribution in [0.3, 0.4) is 0 Å². The van der Waals surface area contributed by atoms with E-state index in [0.29, 0.717) is 0 Å². The number of carbonyl (C=O) groups is 1. The van der Waals surface area contributed by atoms with E-state index < -0.39 is 18.1 Å². The Hall–Kier alpha value is -0.970. The minimum Gasteiger partial charge on any atom is -0.468 e. The minimum atomic E-state index is -1.68. The lowest BCUT2D eigenvalue weighted by molar-refractivity contribution is -0.145. The Balaban J connectivity index is 2.73. The fraction of sp³-hybridized carbons (Fsp3) is 0.625. The van der Waals surface area contributed by atoms with Gasteiger partial charge in [-0.05, 0) is 7.05 Å². The summed E-state index contributed by atoms with van der Waals surface area (Å²) < 4.78 is 28.8. The zero-order chi connectivity index (χ0) is 10.0. The van der Waals surface area contributed by atoms with E-state index in [1.165, 1.54) is 7.11 Å². The molecule has 0 spiro atoms. The van der Waals surface area contributed by atoms with Crippen molar-refractivity contribution < 1.29 is 18.3 Å². The van der Waals surface area contributed by atoms with Gasteiger partial charge in [-0.3, -0.25) is 9.69 Å². The number of likely N-dealkylation sites (tertiary alicyclic amines) is 1. The Morgan fingerprint density at radius 3 is 2.62 bits per heavy atom. The SMILES string of the molecule is COC(=O)[C@@H]1CC(=C(F)F)CN1C. The molecule has 0 aromatic rings. The summed E-state index contributed by atoms with van der Waals surface area (Å²) in [5, 5.41) is 0. The Morgan fingerprint density at radius 2 is 2.23 bits per heavy atom. The van der Waals surface area contributed by atoms with Gasteiger partial charge in [0, 0.05) is 18.5 Å². The van der Waals surface area contributed by atoms with E-state index in [1.807, 2.05) is 0 Å². The number of nitrogens with zero attached hydrogens (tertiary/aromatic N) is 1. The topological polar surface area (TPSA) is 29.5 Å². The van der Waals surface area contributed by atoms with Gasteiger partial charge in [0.2, 0.25) is 0 Å². The van der Waals surface area contributed by atoms with Crippen LogP contribution < -0.4 is 0 Å². The number of hydrogen-bond acceptors (Lipinski definition) is 3. The van der Waals surface area contributed by atoms with E-state index in [1.54, 1.807) is 11.9 Å². The quantitative estimate of drug-likeness (QED) is 0.579. The molecule has 1 rings (SSSR count). The standard InChI is InChI=1S/C8H11F2NO2/c1-11-4-5(7(9)10)3-6(11)8(12)13-2/h6H,3-4H2,1-2H3/t6-/m0/s1. The maximum absolute atomic E-state index is 12.2. The third-order valence-electron chi connectivity index (χ3n) is 2.15. The number of esters is 1. The lowest BCUT2D eigenvalue weighted by Gasteiger charge is -2.15.